The molecule has 0 unspecified atom stereocenters. The van der Waals surface area contributed by atoms with E-state index in [0.29, 0.717) is 47.5 Å². The van der Waals surface area contributed by atoms with Crippen LogP contribution in [0, 0.1) is 18.7 Å². The van der Waals surface area contributed by atoms with Crippen molar-refractivity contribution in [2.45, 2.75) is 51.6 Å². The average molecular weight is 420 g/mol. The van der Waals surface area contributed by atoms with E-state index < -0.39 is 0 Å². The van der Waals surface area contributed by atoms with Gasteiger partial charge >= 0.3 is 0 Å². The van der Waals surface area contributed by atoms with Gasteiger partial charge in [0, 0.05) is 43.4 Å². The number of amides is 1. The number of carbonyl (C=O) groups excluding carboxylic acids is 1. The highest BCUT2D eigenvalue weighted by Crippen LogP contribution is 2.18. The SMILES string of the molecule is Cc1nc(SCCCC(=O)NCCC(C)C)n(C)c(=O)c1Cc1ccc(F)cc1. The molecular weight excluding hydrogens is 389 g/mol. The third-order valence-corrected chi connectivity index (χ3v) is 5.78. The molecule has 29 heavy (non-hydrogen) atoms. The number of halogens is 1. The summed E-state index contributed by atoms with van der Waals surface area (Å²) in [4.78, 5) is 29.2. The van der Waals surface area contributed by atoms with E-state index in [4.69, 9.17) is 0 Å². The molecule has 0 fully saturated rings. The molecule has 1 heterocycles. The Kier molecular flexibility index (Phi) is 8.89. The summed E-state index contributed by atoms with van der Waals surface area (Å²) >= 11 is 1.49. The predicted molar refractivity (Wildman–Crippen MR) is 116 cm³/mol. The number of thioether (sulfide) groups is 1. The quantitative estimate of drug-likeness (QED) is 0.361. The van der Waals surface area contributed by atoms with E-state index in [1.54, 1.807) is 23.7 Å². The molecule has 0 spiro atoms. The zero-order chi connectivity index (χ0) is 21.4. The highest BCUT2D eigenvalue weighted by Gasteiger charge is 2.13. The number of nitrogens with zero attached hydrogens (tertiary/aromatic N) is 2. The van der Waals surface area contributed by atoms with Crippen LogP contribution in [0.15, 0.2) is 34.2 Å². The van der Waals surface area contributed by atoms with Crippen molar-refractivity contribution < 1.29 is 9.18 Å². The van der Waals surface area contributed by atoms with E-state index in [9.17, 15) is 14.0 Å². The summed E-state index contributed by atoms with van der Waals surface area (Å²) in [7, 11) is 1.71. The summed E-state index contributed by atoms with van der Waals surface area (Å²) in [5.41, 5.74) is 2.09. The first-order chi connectivity index (χ1) is 13.8. The Morgan fingerprint density at radius 2 is 1.97 bits per heavy atom. The van der Waals surface area contributed by atoms with Crippen molar-refractivity contribution in [1.82, 2.24) is 14.9 Å². The highest BCUT2D eigenvalue weighted by atomic mass is 32.2. The molecule has 0 aliphatic rings. The molecule has 1 N–H and O–H groups in total. The van der Waals surface area contributed by atoms with Gasteiger partial charge in [-0.1, -0.05) is 37.7 Å². The largest absolute Gasteiger partial charge is 0.356 e. The van der Waals surface area contributed by atoms with Gasteiger partial charge in [-0.3, -0.25) is 14.2 Å². The fourth-order valence-electron chi connectivity index (χ4n) is 2.85. The second-order valence-electron chi connectivity index (χ2n) is 7.61. The summed E-state index contributed by atoms with van der Waals surface area (Å²) in [5, 5.41) is 3.58. The summed E-state index contributed by atoms with van der Waals surface area (Å²) in [6, 6.07) is 6.16. The van der Waals surface area contributed by atoms with Crippen LogP contribution >= 0.6 is 11.8 Å². The number of hydrogen-bond acceptors (Lipinski definition) is 4. The van der Waals surface area contributed by atoms with Gasteiger partial charge in [0.1, 0.15) is 5.82 Å². The Labute approximate surface area is 176 Å². The van der Waals surface area contributed by atoms with Crippen LogP contribution in [0.1, 0.15) is 49.9 Å². The van der Waals surface area contributed by atoms with E-state index in [1.807, 2.05) is 6.92 Å². The first-order valence-electron chi connectivity index (χ1n) is 9.98. The monoisotopic (exact) mass is 419 g/mol. The van der Waals surface area contributed by atoms with E-state index in [1.165, 1.54) is 23.9 Å². The van der Waals surface area contributed by atoms with Crippen LogP contribution in [0.25, 0.3) is 0 Å². The van der Waals surface area contributed by atoms with Crippen LogP contribution in [0.5, 0.6) is 0 Å². The number of nitrogens with one attached hydrogen (secondary N) is 1. The molecule has 7 heteroatoms. The van der Waals surface area contributed by atoms with Gasteiger partial charge < -0.3 is 5.32 Å². The van der Waals surface area contributed by atoms with Crippen LogP contribution < -0.4 is 10.9 Å². The van der Waals surface area contributed by atoms with E-state index in [-0.39, 0.29) is 17.3 Å². The van der Waals surface area contributed by atoms with Gasteiger partial charge in [-0.25, -0.2) is 9.37 Å². The van der Waals surface area contributed by atoms with Gasteiger partial charge in [-0.05, 0) is 43.4 Å². The van der Waals surface area contributed by atoms with Gasteiger partial charge in [0.25, 0.3) is 5.56 Å². The van der Waals surface area contributed by atoms with Crippen LogP contribution in [-0.4, -0.2) is 27.8 Å². The molecule has 5 nitrogen and oxygen atoms in total. The molecule has 0 radical (unpaired) electrons. The van der Waals surface area contributed by atoms with Crippen LogP contribution in [0.2, 0.25) is 0 Å². The average Bonchev–Trinajstić information content (AvgIpc) is 2.67. The standard InChI is InChI=1S/C22H30FN3O2S/c1-15(2)11-12-24-20(27)6-5-13-29-22-25-16(3)19(21(28)26(22)4)14-17-7-9-18(23)10-8-17/h7-10,15H,5-6,11-14H2,1-4H3,(H,24,27). The first-order valence-corrected chi connectivity index (χ1v) is 11.0. The number of rotatable bonds is 10. The molecule has 1 aromatic carbocycles. The molecule has 1 aromatic heterocycles. The Balaban J connectivity index is 1.91. The Morgan fingerprint density at radius 1 is 1.28 bits per heavy atom. The molecule has 0 saturated heterocycles. The van der Waals surface area contributed by atoms with E-state index in [0.717, 1.165) is 18.4 Å². The molecule has 0 atom stereocenters. The van der Waals surface area contributed by atoms with Crippen molar-refractivity contribution in [3.63, 3.8) is 0 Å². The number of aromatic nitrogens is 2. The van der Waals surface area contributed by atoms with Gasteiger partial charge in [0.05, 0.1) is 0 Å². The lowest BCUT2D eigenvalue weighted by atomic mass is 10.1. The van der Waals surface area contributed by atoms with Gasteiger partial charge in [0.15, 0.2) is 5.16 Å². The van der Waals surface area contributed by atoms with E-state index >= 15 is 0 Å². The lowest BCUT2D eigenvalue weighted by Gasteiger charge is -2.12. The van der Waals surface area contributed by atoms with Crippen molar-refractivity contribution in [2.75, 3.05) is 12.3 Å². The van der Waals surface area contributed by atoms with Crippen molar-refractivity contribution in [3.8, 4) is 0 Å². The van der Waals surface area contributed by atoms with Gasteiger partial charge in [-0.2, -0.15) is 0 Å². The topological polar surface area (TPSA) is 64.0 Å². The summed E-state index contributed by atoms with van der Waals surface area (Å²) in [5.74, 6) is 1.07. The van der Waals surface area contributed by atoms with Crippen molar-refractivity contribution in [3.05, 3.63) is 57.3 Å². The third kappa shape index (κ3) is 7.31. The molecule has 0 aliphatic carbocycles. The minimum atomic E-state index is -0.295. The summed E-state index contributed by atoms with van der Waals surface area (Å²) in [6.45, 7) is 6.81. The molecule has 0 saturated carbocycles. The molecule has 0 aliphatic heterocycles. The van der Waals surface area contributed by atoms with Gasteiger partial charge in [-0.15, -0.1) is 0 Å². The highest BCUT2D eigenvalue weighted by molar-refractivity contribution is 7.99. The molecule has 0 bridgehead atoms. The van der Waals surface area contributed by atoms with Crippen LogP contribution in [0.4, 0.5) is 4.39 Å². The smallest absolute Gasteiger partial charge is 0.257 e. The molecule has 158 valence electrons. The Bertz CT molecular complexity index is 879. The number of benzene rings is 1. The lowest BCUT2D eigenvalue weighted by Crippen LogP contribution is -2.26. The maximum atomic E-state index is 13.1. The molecular formula is C22H30FN3O2S. The third-order valence-electron chi connectivity index (χ3n) is 4.67. The van der Waals surface area contributed by atoms with Crippen LogP contribution in [0.3, 0.4) is 0 Å². The zero-order valence-electron chi connectivity index (χ0n) is 17.6. The van der Waals surface area contributed by atoms with E-state index in [2.05, 4.69) is 24.1 Å². The second kappa shape index (κ2) is 11.1. The van der Waals surface area contributed by atoms with Crippen molar-refractivity contribution in [2.24, 2.45) is 13.0 Å². The number of carbonyl (C=O) groups is 1. The first kappa shape index (κ1) is 23.1. The van der Waals surface area contributed by atoms with Crippen molar-refractivity contribution >= 4 is 17.7 Å². The molecule has 2 rings (SSSR count). The van der Waals surface area contributed by atoms with Crippen molar-refractivity contribution in [1.29, 1.82) is 0 Å². The summed E-state index contributed by atoms with van der Waals surface area (Å²) in [6.07, 6.45) is 2.61. The minimum absolute atomic E-state index is 0.0684. The normalized spacial score (nSPS) is 11.1. The Hall–Kier alpha value is -2.15. The fourth-order valence-corrected chi connectivity index (χ4v) is 3.80. The Morgan fingerprint density at radius 3 is 2.62 bits per heavy atom. The lowest BCUT2D eigenvalue weighted by molar-refractivity contribution is -0.121. The minimum Gasteiger partial charge on any atom is -0.356 e. The maximum absolute atomic E-state index is 13.1. The molecule has 1 amide bonds. The predicted octanol–water partition coefficient (Wildman–Crippen LogP) is 3.85. The maximum Gasteiger partial charge on any atom is 0.257 e. The number of hydrogen-bond donors (Lipinski definition) is 1. The number of aryl methyl sites for hydroxylation is 1. The zero-order valence-corrected chi connectivity index (χ0v) is 18.4. The van der Waals surface area contributed by atoms with Crippen LogP contribution in [-0.2, 0) is 18.3 Å². The summed E-state index contributed by atoms with van der Waals surface area (Å²) < 4.78 is 14.6. The fraction of sp³-hybridized carbons (Fsp3) is 0.500. The second-order valence-corrected chi connectivity index (χ2v) is 8.67. The molecule has 2 aromatic rings. The van der Waals surface area contributed by atoms with Gasteiger partial charge in [0.2, 0.25) is 5.91 Å².